The van der Waals surface area contributed by atoms with Gasteiger partial charge in [-0.3, -0.25) is 14.5 Å². The highest BCUT2D eigenvalue weighted by Crippen LogP contribution is 2.20. The van der Waals surface area contributed by atoms with Crippen LogP contribution >= 0.6 is 0 Å². The second-order valence-corrected chi connectivity index (χ2v) is 7.16. The van der Waals surface area contributed by atoms with Gasteiger partial charge in [-0.25, -0.2) is 0 Å². The number of benzene rings is 1. The molecule has 1 unspecified atom stereocenters. The topological polar surface area (TPSA) is 74.6 Å². The minimum Gasteiger partial charge on any atom is -0.455 e. The molecule has 0 aliphatic carbocycles. The third-order valence-corrected chi connectivity index (χ3v) is 5.06. The first-order valence-corrected chi connectivity index (χ1v) is 9.45. The van der Waals surface area contributed by atoms with Crippen molar-refractivity contribution in [2.75, 3.05) is 20.1 Å². The van der Waals surface area contributed by atoms with Gasteiger partial charge in [0, 0.05) is 7.05 Å². The van der Waals surface area contributed by atoms with Crippen molar-refractivity contribution in [1.29, 1.82) is 0 Å². The summed E-state index contributed by atoms with van der Waals surface area (Å²) in [5.74, 6) is 1.10. The number of carbonyl (C=O) groups is 2. The fraction of sp³-hybridized carbons (Fsp3) is 0.429. The molecule has 1 fully saturated rings. The quantitative estimate of drug-likeness (QED) is 0.821. The molecule has 2 amide bonds. The van der Waals surface area contributed by atoms with Gasteiger partial charge in [0.25, 0.3) is 5.91 Å². The van der Waals surface area contributed by atoms with Crippen molar-refractivity contribution in [2.24, 2.45) is 5.92 Å². The van der Waals surface area contributed by atoms with Crippen molar-refractivity contribution in [3.05, 3.63) is 59.5 Å². The van der Waals surface area contributed by atoms with E-state index in [4.69, 9.17) is 4.42 Å². The van der Waals surface area contributed by atoms with Crippen LogP contribution in [-0.2, 0) is 11.3 Å². The van der Waals surface area contributed by atoms with Gasteiger partial charge in [-0.05, 0) is 49.5 Å². The molecular formula is C21H27N3O3. The molecule has 6 heteroatoms. The van der Waals surface area contributed by atoms with Crippen LogP contribution in [0.5, 0.6) is 0 Å². The van der Waals surface area contributed by atoms with E-state index < -0.39 is 11.9 Å². The highest BCUT2D eigenvalue weighted by Gasteiger charge is 2.24. The summed E-state index contributed by atoms with van der Waals surface area (Å²) in [5, 5.41) is 5.36. The molecule has 0 bridgehead atoms. The van der Waals surface area contributed by atoms with Crippen molar-refractivity contribution >= 4 is 11.8 Å². The Morgan fingerprint density at radius 2 is 1.85 bits per heavy atom. The Morgan fingerprint density at radius 1 is 1.15 bits per heavy atom. The number of piperidine rings is 1. The molecule has 2 aromatic rings. The number of hydrogen-bond acceptors (Lipinski definition) is 4. The minimum absolute atomic E-state index is 0.222. The average molecular weight is 369 g/mol. The molecule has 27 heavy (non-hydrogen) atoms. The number of nitrogens with zero attached hydrogens (tertiary/aromatic N) is 1. The Morgan fingerprint density at radius 3 is 2.52 bits per heavy atom. The number of amides is 2. The van der Waals surface area contributed by atoms with Crippen LogP contribution in [-0.4, -0.2) is 36.9 Å². The average Bonchev–Trinajstić information content (AvgIpc) is 3.16. The van der Waals surface area contributed by atoms with Crippen molar-refractivity contribution in [1.82, 2.24) is 15.5 Å². The Balaban J connectivity index is 1.64. The zero-order valence-electron chi connectivity index (χ0n) is 15.9. The molecule has 0 saturated carbocycles. The highest BCUT2D eigenvalue weighted by molar-refractivity contribution is 5.95. The Labute approximate surface area is 159 Å². The van der Waals surface area contributed by atoms with Gasteiger partial charge < -0.3 is 15.1 Å². The molecule has 1 aromatic carbocycles. The molecule has 3 rings (SSSR count). The fourth-order valence-electron chi connectivity index (χ4n) is 3.32. The summed E-state index contributed by atoms with van der Waals surface area (Å²) in [6, 6.07) is 11.9. The molecular weight excluding hydrogens is 342 g/mol. The number of likely N-dealkylation sites (N-methyl/N-ethyl adjacent to an activating group) is 1. The van der Waals surface area contributed by atoms with Crippen LogP contribution in [0.3, 0.4) is 0 Å². The summed E-state index contributed by atoms with van der Waals surface area (Å²) in [6.45, 7) is 5.09. The van der Waals surface area contributed by atoms with Crippen LogP contribution in [0.1, 0.15) is 47.7 Å². The van der Waals surface area contributed by atoms with Crippen molar-refractivity contribution in [2.45, 2.75) is 32.4 Å². The monoisotopic (exact) mass is 369 g/mol. The van der Waals surface area contributed by atoms with Gasteiger partial charge in [-0.15, -0.1) is 0 Å². The van der Waals surface area contributed by atoms with E-state index in [-0.39, 0.29) is 11.7 Å². The summed E-state index contributed by atoms with van der Waals surface area (Å²) in [5.41, 5.74) is 0.722. The van der Waals surface area contributed by atoms with Gasteiger partial charge in [0.15, 0.2) is 5.76 Å². The predicted molar refractivity (Wildman–Crippen MR) is 103 cm³/mol. The second kappa shape index (κ2) is 8.86. The van der Waals surface area contributed by atoms with Gasteiger partial charge in [-0.2, -0.15) is 0 Å². The number of carbonyl (C=O) groups excluding carboxylic acids is 2. The van der Waals surface area contributed by atoms with Crippen LogP contribution in [0.4, 0.5) is 0 Å². The second-order valence-electron chi connectivity index (χ2n) is 7.16. The SMILES string of the molecule is CNC(=O)C(NC(=O)c1ccc(CN2CCC(C)CC2)o1)c1ccccc1. The van der Waals surface area contributed by atoms with E-state index in [9.17, 15) is 9.59 Å². The molecule has 1 aromatic heterocycles. The number of rotatable bonds is 6. The number of likely N-dealkylation sites (tertiary alicyclic amines) is 1. The molecule has 1 aliphatic heterocycles. The number of hydrogen-bond donors (Lipinski definition) is 2. The summed E-state index contributed by atoms with van der Waals surface area (Å²) >= 11 is 0. The van der Waals surface area contributed by atoms with E-state index >= 15 is 0 Å². The molecule has 1 atom stereocenters. The van der Waals surface area contributed by atoms with Crippen molar-refractivity contribution in [3.8, 4) is 0 Å². The van der Waals surface area contributed by atoms with Crippen LogP contribution in [0.15, 0.2) is 46.9 Å². The zero-order valence-corrected chi connectivity index (χ0v) is 15.9. The van der Waals surface area contributed by atoms with E-state index in [0.717, 1.165) is 30.3 Å². The lowest BCUT2D eigenvalue weighted by molar-refractivity contribution is -0.122. The van der Waals surface area contributed by atoms with Gasteiger partial charge in [0.2, 0.25) is 5.91 Å². The fourth-order valence-corrected chi connectivity index (χ4v) is 3.32. The summed E-state index contributed by atoms with van der Waals surface area (Å²) in [6.07, 6.45) is 2.39. The van der Waals surface area contributed by atoms with Crippen LogP contribution < -0.4 is 10.6 Å². The van der Waals surface area contributed by atoms with Gasteiger partial charge in [0.05, 0.1) is 6.54 Å². The maximum Gasteiger partial charge on any atom is 0.287 e. The first-order chi connectivity index (χ1) is 13.1. The lowest BCUT2D eigenvalue weighted by Crippen LogP contribution is -2.38. The third-order valence-electron chi connectivity index (χ3n) is 5.06. The van der Waals surface area contributed by atoms with E-state index in [1.54, 1.807) is 13.1 Å². The van der Waals surface area contributed by atoms with E-state index in [1.807, 2.05) is 36.4 Å². The van der Waals surface area contributed by atoms with E-state index in [1.165, 1.54) is 12.8 Å². The van der Waals surface area contributed by atoms with Gasteiger partial charge >= 0.3 is 0 Å². The highest BCUT2D eigenvalue weighted by atomic mass is 16.4. The van der Waals surface area contributed by atoms with E-state index in [2.05, 4.69) is 22.5 Å². The summed E-state index contributed by atoms with van der Waals surface area (Å²) in [7, 11) is 1.55. The van der Waals surface area contributed by atoms with Crippen molar-refractivity contribution < 1.29 is 14.0 Å². The standard InChI is InChI=1S/C21H27N3O3/c1-15-10-12-24(13-11-15)14-17-8-9-18(27-17)20(25)23-19(21(26)22-2)16-6-4-3-5-7-16/h3-9,15,19H,10-14H2,1-2H3,(H,22,26)(H,23,25). The van der Waals surface area contributed by atoms with Gasteiger partial charge in [0.1, 0.15) is 11.8 Å². The smallest absolute Gasteiger partial charge is 0.287 e. The Hall–Kier alpha value is -2.60. The maximum absolute atomic E-state index is 12.6. The predicted octanol–water partition coefficient (Wildman–Crippen LogP) is 2.73. The maximum atomic E-state index is 12.6. The molecule has 144 valence electrons. The molecule has 1 saturated heterocycles. The molecule has 2 heterocycles. The third kappa shape index (κ3) is 4.98. The Bertz CT molecular complexity index is 764. The largest absolute Gasteiger partial charge is 0.455 e. The lowest BCUT2D eigenvalue weighted by atomic mass is 9.99. The lowest BCUT2D eigenvalue weighted by Gasteiger charge is -2.29. The zero-order chi connectivity index (χ0) is 19.2. The molecule has 2 N–H and O–H groups in total. The van der Waals surface area contributed by atoms with Gasteiger partial charge in [-0.1, -0.05) is 37.3 Å². The summed E-state index contributed by atoms with van der Waals surface area (Å²) < 4.78 is 5.74. The Kier molecular flexibility index (Phi) is 6.29. The first kappa shape index (κ1) is 19.2. The van der Waals surface area contributed by atoms with Crippen molar-refractivity contribution in [3.63, 3.8) is 0 Å². The molecule has 6 nitrogen and oxygen atoms in total. The minimum atomic E-state index is -0.763. The van der Waals surface area contributed by atoms with Crippen LogP contribution in [0.2, 0.25) is 0 Å². The number of nitrogens with one attached hydrogen (secondary N) is 2. The van der Waals surface area contributed by atoms with Crippen LogP contribution in [0.25, 0.3) is 0 Å². The number of furan rings is 1. The molecule has 1 aliphatic rings. The first-order valence-electron chi connectivity index (χ1n) is 9.45. The van der Waals surface area contributed by atoms with E-state index in [0.29, 0.717) is 6.54 Å². The summed E-state index contributed by atoms with van der Waals surface area (Å²) in [4.78, 5) is 27.2. The molecule has 0 radical (unpaired) electrons. The normalized spacial score (nSPS) is 16.7. The van der Waals surface area contributed by atoms with Crippen LogP contribution in [0, 0.1) is 5.92 Å². The molecule has 0 spiro atoms.